The van der Waals surface area contributed by atoms with Crippen LogP contribution in [-0.2, 0) is 4.79 Å². The first-order valence-electron chi connectivity index (χ1n) is 8.34. The molecule has 1 saturated heterocycles. The molecule has 5 nitrogen and oxygen atoms in total. The van der Waals surface area contributed by atoms with E-state index in [1.54, 1.807) is 4.90 Å². The zero-order valence-corrected chi connectivity index (χ0v) is 12.8. The fourth-order valence-electron chi connectivity index (χ4n) is 3.78. The van der Waals surface area contributed by atoms with Crippen molar-refractivity contribution < 1.29 is 14.7 Å². The fourth-order valence-corrected chi connectivity index (χ4v) is 3.78. The van der Waals surface area contributed by atoms with Gasteiger partial charge < -0.3 is 15.3 Å². The summed E-state index contributed by atoms with van der Waals surface area (Å²) in [5, 5.41) is 12.7. The summed E-state index contributed by atoms with van der Waals surface area (Å²) >= 11 is 0. The molecule has 2 amide bonds. The third-order valence-corrected chi connectivity index (χ3v) is 5.37. The first-order valence-corrected chi connectivity index (χ1v) is 8.34. The van der Waals surface area contributed by atoms with Crippen LogP contribution >= 0.6 is 0 Å². The van der Waals surface area contributed by atoms with Crippen LogP contribution in [0.1, 0.15) is 51.9 Å². The van der Waals surface area contributed by atoms with Gasteiger partial charge in [0.05, 0.1) is 5.41 Å². The van der Waals surface area contributed by atoms with Gasteiger partial charge in [0.1, 0.15) is 0 Å². The SMILES string of the molecule is CCCC1(C(=O)O)CCN(C(=O)NC(C2CC2)C2CC2)C1. The lowest BCUT2D eigenvalue weighted by Gasteiger charge is -2.26. The Balaban J connectivity index is 1.59. The van der Waals surface area contributed by atoms with Crippen LogP contribution in [0.25, 0.3) is 0 Å². The predicted molar refractivity (Wildman–Crippen MR) is 78.9 cm³/mol. The van der Waals surface area contributed by atoms with Crippen molar-refractivity contribution in [3.8, 4) is 0 Å². The van der Waals surface area contributed by atoms with Crippen molar-refractivity contribution in [1.82, 2.24) is 10.2 Å². The Hall–Kier alpha value is -1.26. The van der Waals surface area contributed by atoms with Crippen LogP contribution in [0.3, 0.4) is 0 Å². The number of carboxylic acid groups (broad SMARTS) is 1. The number of likely N-dealkylation sites (tertiary alicyclic amines) is 1. The molecule has 3 rings (SSSR count). The minimum Gasteiger partial charge on any atom is -0.481 e. The number of aliphatic carboxylic acids is 1. The minimum atomic E-state index is -0.749. The van der Waals surface area contributed by atoms with Crippen molar-refractivity contribution in [3.05, 3.63) is 0 Å². The van der Waals surface area contributed by atoms with Gasteiger partial charge in [-0.25, -0.2) is 4.79 Å². The number of nitrogens with one attached hydrogen (secondary N) is 1. The zero-order valence-electron chi connectivity index (χ0n) is 12.8. The highest BCUT2D eigenvalue weighted by atomic mass is 16.4. The average molecular weight is 294 g/mol. The molecule has 5 heteroatoms. The van der Waals surface area contributed by atoms with Gasteiger partial charge in [0, 0.05) is 19.1 Å². The molecule has 1 aliphatic heterocycles. The van der Waals surface area contributed by atoms with E-state index in [0.717, 1.165) is 6.42 Å². The molecule has 2 aliphatic carbocycles. The molecule has 1 heterocycles. The Bertz CT molecular complexity index is 419. The Kier molecular flexibility index (Phi) is 3.84. The molecule has 0 radical (unpaired) electrons. The summed E-state index contributed by atoms with van der Waals surface area (Å²) in [5.74, 6) is 0.591. The molecular weight excluding hydrogens is 268 g/mol. The Morgan fingerprint density at radius 3 is 2.38 bits per heavy atom. The molecule has 21 heavy (non-hydrogen) atoms. The van der Waals surface area contributed by atoms with Gasteiger partial charge in [-0.1, -0.05) is 13.3 Å². The number of nitrogens with zero attached hydrogens (tertiary/aromatic N) is 1. The maximum atomic E-state index is 12.5. The number of urea groups is 1. The summed E-state index contributed by atoms with van der Waals surface area (Å²) in [5.41, 5.74) is -0.721. The van der Waals surface area contributed by atoms with Gasteiger partial charge in [-0.15, -0.1) is 0 Å². The topological polar surface area (TPSA) is 69.6 Å². The highest BCUT2D eigenvalue weighted by molar-refractivity contribution is 5.80. The molecule has 0 aromatic rings. The molecule has 118 valence electrons. The van der Waals surface area contributed by atoms with Crippen molar-refractivity contribution in [3.63, 3.8) is 0 Å². The normalized spacial score (nSPS) is 29.0. The molecule has 1 unspecified atom stereocenters. The van der Waals surface area contributed by atoms with Gasteiger partial charge in [-0.3, -0.25) is 4.79 Å². The van der Waals surface area contributed by atoms with Crippen LogP contribution in [-0.4, -0.2) is 41.1 Å². The number of amides is 2. The van der Waals surface area contributed by atoms with Crippen LogP contribution in [0.2, 0.25) is 0 Å². The summed E-state index contributed by atoms with van der Waals surface area (Å²) in [4.78, 5) is 25.8. The van der Waals surface area contributed by atoms with Crippen LogP contribution in [0.5, 0.6) is 0 Å². The third kappa shape index (κ3) is 3.01. The molecule has 0 aromatic carbocycles. The number of hydrogen-bond donors (Lipinski definition) is 2. The van der Waals surface area contributed by atoms with E-state index < -0.39 is 11.4 Å². The maximum absolute atomic E-state index is 12.5. The van der Waals surface area contributed by atoms with Crippen molar-refractivity contribution in [1.29, 1.82) is 0 Å². The van der Waals surface area contributed by atoms with Gasteiger partial charge >= 0.3 is 12.0 Å². The van der Waals surface area contributed by atoms with E-state index in [1.807, 2.05) is 6.92 Å². The summed E-state index contributed by atoms with van der Waals surface area (Å²) in [6.45, 7) is 2.94. The predicted octanol–water partition coefficient (Wildman–Crippen LogP) is 2.46. The monoisotopic (exact) mass is 294 g/mol. The quantitative estimate of drug-likeness (QED) is 0.790. The lowest BCUT2D eigenvalue weighted by Crippen LogP contribution is -2.47. The second kappa shape index (κ2) is 5.50. The molecule has 0 bridgehead atoms. The summed E-state index contributed by atoms with van der Waals surface area (Å²) in [6.07, 6.45) is 7.01. The van der Waals surface area contributed by atoms with Crippen LogP contribution in [0, 0.1) is 17.3 Å². The van der Waals surface area contributed by atoms with Crippen molar-refractivity contribution in [2.45, 2.75) is 57.9 Å². The smallest absolute Gasteiger partial charge is 0.317 e. The van der Waals surface area contributed by atoms with Crippen molar-refractivity contribution in [2.75, 3.05) is 13.1 Å². The molecular formula is C16H26N2O3. The van der Waals surface area contributed by atoms with E-state index >= 15 is 0 Å². The Morgan fingerprint density at radius 2 is 1.90 bits per heavy atom. The molecule has 0 aromatic heterocycles. The first-order chi connectivity index (χ1) is 10.1. The molecule has 2 saturated carbocycles. The van der Waals surface area contributed by atoms with E-state index in [4.69, 9.17) is 0 Å². The standard InChI is InChI=1S/C16H26N2O3/c1-2-7-16(14(19)20)8-9-18(10-16)15(21)17-13(11-3-4-11)12-5-6-12/h11-13H,2-10H2,1H3,(H,17,21)(H,19,20). The van der Waals surface area contributed by atoms with Gasteiger partial charge in [0.25, 0.3) is 0 Å². The molecule has 3 aliphatic rings. The summed E-state index contributed by atoms with van der Waals surface area (Å²) < 4.78 is 0. The number of carbonyl (C=O) groups excluding carboxylic acids is 1. The molecule has 3 fully saturated rings. The van der Waals surface area contributed by atoms with Crippen molar-refractivity contribution >= 4 is 12.0 Å². The Morgan fingerprint density at radius 1 is 1.29 bits per heavy atom. The number of rotatable bonds is 6. The zero-order chi connectivity index (χ0) is 15.0. The van der Waals surface area contributed by atoms with Crippen molar-refractivity contribution in [2.24, 2.45) is 17.3 Å². The number of carbonyl (C=O) groups is 2. The minimum absolute atomic E-state index is 0.0435. The van der Waals surface area contributed by atoms with E-state index in [9.17, 15) is 14.7 Å². The van der Waals surface area contributed by atoms with Crippen LogP contribution in [0.15, 0.2) is 0 Å². The molecule has 2 N–H and O–H groups in total. The summed E-state index contributed by atoms with van der Waals surface area (Å²) in [7, 11) is 0. The lowest BCUT2D eigenvalue weighted by atomic mass is 9.83. The van der Waals surface area contributed by atoms with Gasteiger partial charge in [0.15, 0.2) is 0 Å². The average Bonchev–Trinajstić information content (AvgIpc) is 3.35. The third-order valence-electron chi connectivity index (χ3n) is 5.37. The highest BCUT2D eigenvalue weighted by Gasteiger charge is 2.47. The van der Waals surface area contributed by atoms with Gasteiger partial charge in [0.2, 0.25) is 0 Å². The second-order valence-electron chi connectivity index (χ2n) is 7.16. The van der Waals surface area contributed by atoms with Gasteiger partial charge in [-0.2, -0.15) is 0 Å². The number of hydrogen-bond acceptors (Lipinski definition) is 2. The molecule has 0 spiro atoms. The Labute approximate surface area is 126 Å². The maximum Gasteiger partial charge on any atom is 0.317 e. The molecule has 1 atom stereocenters. The highest BCUT2D eigenvalue weighted by Crippen LogP contribution is 2.44. The lowest BCUT2D eigenvalue weighted by molar-refractivity contribution is -0.148. The van der Waals surface area contributed by atoms with Crippen LogP contribution < -0.4 is 5.32 Å². The summed E-state index contributed by atoms with van der Waals surface area (Å²) in [6, 6.07) is 0.293. The van der Waals surface area contributed by atoms with E-state index in [0.29, 0.717) is 43.8 Å². The van der Waals surface area contributed by atoms with Crippen LogP contribution in [0.4, 0.5) is 4.79 Å². The van der Waals surface area contributed by atoms with Gasteiger partial charge in [-0.05, 0) is 50.4 Å². The van der Waals surface area contributed by atoms with E-state index in [-0.39, 0.29) is 6.03 Å². The van der Waals surface area contributed by atoms with E-state index in [1.165, 1.54) is 25.7 Å². The number of carboxylic acids is 1. The first kappa shape index (κ1) is 14.7. The largest absolute Gasteiger partial charge is 0.481 e. The second-order valence-corrected chi connectivity index (χ2v) is 7.16. The fraction of sp³-hybridized carbons (Fsp3) is 0.875. The van der Waals surface area contributed by atoms with E-state index in [2.05, 4.69) is 5.32 Å².